The predicted molar refractivity (Wildman–Crippen MR) is 108 cm³/mol. The van der Waals surface area contributed by atoms with Crippen LogP contribution in [0.25, 0.3) is 0 Å². The van der Waals surface area contributed by atoms with Gasteiger partial charge in [0.15, 0.2) is 0 Å². The van der Waals surface area contributed by atoms with Crippen LogP contribution in [0.4, 0.5) is 11.5 Å². The van der Waals surface area contributed by atoms with Gasteiger partial charge in [0.05, 0.1) is 17.9 Å². The number of hydrogen-bond donors (Lipinski definition) is 2. The zero-order valence-electron chi connectivity index (χ0n) is 16.6. The van der Waals surface area contributed by atoms with E-state index in [0.717, 1.165) is 29.7 Å². The molecule has 3 heterocycles. The summed E-state index contributed by atoms with van der Waals surface area (Å²) in [5.41, 5.74) is 9.00. The van der Waals surface area contributed by atoms with Gasteiger partial charge in [-0.1, -0.05) is 19.9 Å². The summed E-state index contributed by atoms with van der Waals surface area (Å²) in [5, 5.41) is 2.67. The molecule has 3 rings (SSSR count). The van der Waals surface area contributed by atoms with Gasteiger partial charge in [-0.05, 0) is 55.4 Å². The minimum absolute atomic E-state index is 0.140. The minimum atomic E-state index is -0.659. The second-order valence-corrected chi connectivity index (χ2v) is 7.46. The highest BCUT2D eigenvalue weighted by Gasteiger charge is 2.34. The Labute approximate surface area is 165 Å². The first-order chi connectivity index (χ1) is 13.4. The number of nitrogens with one attached hydrogen (secondary N) is 1. The maximum Gasteiger partial charge on any atom is 0.313 e. The average Bonchev–Trinajstić information content (AvgIpc) is 2.69. The summed E-state index contributed by atoms with van der Waals surface area (Å²) in [4.78, 5) is 35.7. The van der Waals surface area contributed by atoms with Crippen LogP contribution in [0, 0.1) is 12.8 Å². The first-order valence-corrected chi connectivity index (χ1v) is 9.68. The third-order valence-electron chi connectivity index (χ3n) is 5.23. The summed E-state index contributed by atoms with van der Waals surface area (Å²) in [7, 11) is 0. The standard InChI is InChI=1S/C21H27N5O2/c1-4-15-9-17(11-24-19(15)22)25-20(27)21(28)26-12-13(2)5-8-18(26)16-7-6-14(3)23-10-16/h6-7,9-11,13,18H,4-5,8,12H2,1-3H3,(H2,22,24)(H,25,27)/t13-,18+/m0/s1. The Morgan fingerprint density at radius 3 is 2.71 bits per heavy atom. The van der Waals surface area contributed by atoms with E-state index >= 15 is 0 Å². The van der Waals surface area contributed by atoms with E-state index in [1.165, 1.54) is 6.20 Å². The van der Waals surface area contributed by atoms with Crippen LogP contribution in [0.5, 0.6) is 0 Å². The number of rotatable bonds is 3. The molecule has 1 aliphatic heterocycles. The van der Waals surface area contributed by atoms with Crippen LogP contribution < -0.4 is 11.1 Å². The van der Waals surface area contributed by atoms with Crippen LogP contribution in [0.1, 0.15) is 49.6 Å². The number of piperidine rings is 1. The number of nitrogen functional groups attached to an aromatic ring is 1. The molecule has 28 heavy (non-hydrogen) atoms. The Balaban J connectivity index is 1.79. The van der Waals surface area contributed by atoms with Gasteiger partial charge >= 0.3 is 11.8 Å². The number of aromatic nitrogens is 2. The fourth-order valence-corrected chi connectivity index (χ4v) is 3.59. The van der Waals surface area contributed by atoms with Crippen molar-refractivity contribution in [1.82, 2.24) is 14.9 Å². The molecule has 0 spiro atoms. The lowest BCUT2D eigenvalue weighted by Gasteiger charge is -2.38. The number of anilines is 2. The Hall–Kier alpha value is -2.96. The van der Waals surface area contributed by atoms with Crippen LogP contribution in [0.2, 0.25) is 0 Å². The monoisotopic (exact) mass is 381 g/mol. The van der Waals surface area contributed by atoms with E-state index in [9.17, 15) is 9.59 Å². The molecule has 2 amide bonds. The lowest BCUT2D eigenvalue weighted by molar-refractivity contribution is -0.146. The van der Waals surface area contributed by atoms with Crippen molar-refractivity contribution in [3.05, 3.63) is 47.4 Å². The van der Waals surface area contributed by atoms with Crippen molar-refractivity contribution < 1.29 is 9.59 Å². The minimum Gasteiger partial charge on any atom is -0.383 e. The first kappa shape index (κ1) is 19.8. The van der Waals surface area contributed by atoms with Crippen LogP contribution in [-0.2, 0) is 16.0 Å². The second kappa shape index (κ2) is 8.37. The van der Waals surface area contributed by atoms with Crippen LogP contribution in [0.3, 0.4) is 0 Å². The van der Waals surface area contributed by atoms with Gasteiger partial charge < -0.3 is 16.0 Å². The molecular formula is C21H27N5O2. The number of carbonyl (C=O) groups is 2. The number of nitrogens with zero attached hydrogens (tertiary/aromatic N) is 3. The smallest absolute Gasteiger partial charge is 0.313 e. The van der Waals surface area contributed by atoms with E-state index in [4.69, 9.17) is 5.73 Å². The lowest BCUT2D eigenvalue weighted by atomic mass is 9.90. The summed E-state index contributed by atoms with van der Waals surface area (Å²) in [6, 6.07) is 5.53. The second-order valence-electron chi connectivity index (χ2n) is 7.46. The molecule has 2 aromatic rings. The molecule has 3 N–H and O–H groups in total. The fraction of sp³-hybridized carbons (Fsp3) is 0.429. The third-order valence-corrected chi connectivity index (χ3v) is 5.23. The Morgan fingerprint density at radius 2 is 2.04 bits per heavy atom. The number of aryl methyl sites for hydroxylation is 2. The molecule has 2 aromatic heterocycles. The van der Waals surface area contributed by atoms with E-state index in [1.54, 1.807) is 17.2 Å². The van der Waals surface area contributed by atoms with Gasteiger partial charge in [0.1, 0.15) is 5.82 Å². The highest BCUT2D eigenvalue weighted by atomic mass is 16.2. The Morgan fingerprint density at radius 1 is 1.25 bits per heavy atom. The zero-order chi connectivity index (χ0) is 20.3. The van der Waals surface area contributed by atoms with Gasteiger partial charge in [-0.3, -0.25) is 14.6 Å². The molecule has 0 radical (unpaired) electrons. The molecule has 148 valence electrons. The quantitative estimate of drug-likeness (QED) is 0.796. The van der Waals surface area contributed by atoms with Crippen molar-refractivity contribution in [3.63, 3.8) is 0 Å². The van der Waals surface area contributed by atoms with Crippen molar-refractivity contribution >= 4 is 23.3 Å². The zero-order valence-corrected chi connectivity index (χ0v) is 16.6. The average molecular weight is 381 g/mol. The van der Waals surface area contributed by atoms with E-state index < -0.39 is 11.8 Å². The summed E-state index contributed by atoms with van der Waals surface area (Å²) < 4.78 is 0. The van der Waals surface area contributed by atoms with Crippen molar-refractivity contribution in [3.8, 4) is 0 Å². The number of nitrogens with two attached hydrogens (primary N) is 1. The van der Waals surface area contributed by atoms with Crippen LogP contribution in [-0.4, -0.2) is 33.2 Å². The summed E-state index contributed by atoms with van der Waals surface area (Å²) in [6.07, 6.45) is 5.79. The maximum absolute atomic E-state index is 13.0. The van der Waals surface area contributed by atoms with E-state index in [-0.39, 0.29) is 6.04 Å². The molecule has 1 fully saturated rings. The molecule has 7 heteroatoms. The Bertz CT molecular complexity index is 866. The van der Waals surface area contributed by atoms with E-state index in [0.29, 0.717) is 30.4 Å². The third kappa shape index (κ3) is 4.30. The van der Waals surface area contributed by atoms with Crippen molar-refractivity contribution in [2.45, 2.75) is 46.1 Å². The van der Waals surface area contributed by atoms with Crippen LogP contribution >= 0.6 is 0 Å². The largest absolute Gasteiger partial charge is 0.383 e. The molecule has 0 bridgehead atoms. The van der Waals surface area contributed by atoms with Gasteiger partial charge in [0.25, 0.3) is 0 Å². The summed E-state index contributed by atoms with van der Waals surface area (Å²) in [6.45, 7) is 6.53. The van der Waals surface area contributed by atoms with E-state index in [2.05, 4.69) is 22.2 Å². The normalized spacial score (nSPS) is 19.3. The van der Waals surface area contributed by atoms with E-state index in [1.807, 2.05) is 26.0 Å². The predicted octanol–water partition coefficient (Wildman–Crippen LogP) is 2.87. The Kier molecular flexibility index (Phi) is 5.92. The fourth-order valence-electron chi connectivity index (χ4n) is 3.59. The molecule has 1 saturated heterocycles. The maximum atomic E-state index is 13.0. The number of carbonyl (C=O) groups excluding carboxylic acids is 2. The molecular weight excluding hydrogens is 354 g/mol. The highest BCUT2D eigenvalue weighted by Crippen LogP contribution is 2.33. The van der Waals surface area contributed by atoms with Crippen LogP contribution in [0.15, 0.2) is 30.6 Å². The van der Waals surface area contributed by atoms with Gasteiger partial charge in [0, 0.05) is 18.4 Å². The highest BCUT2D eigenvalue weighted by molar-refractivity contribution is 6.39. The molecule has 0 unspecified atom stereocenters. The molecule has 7 nitrogen and oxygen atoms in total. The molecule has 0 aromatic carbocycles. The molecule has 0 saturated carbocycles. The van der Waals surface area contributed by atoms with Crippen molar-refractivity contribution in [1.29, 1.82) is 0 Å². The number of pyridine rings is 2. The van der Waals surface area contributed by atoms with Gasteiger partial charge in [0.2, 0.25) is 0 Å². The summed E-state index contributed by atoms with van der Waals surface area (Å²) in [5.74, 6) is -0.417. The number of hydrogen-bond acceptors (Lipinski definition) is 5. The van der Waals surface area contributed by atoms with Gasteiger partial charge in [-0.25, -0.2) is 4.98 Å². The topological polar surface area (TPSA) is 101 Å². The summed E-state index contributed by atoms with van der Waals surface area (Å²) >= 11 is 0. The lowest BCUT2D eigenvalue weighted by Crippen LogP contribution is -2.46. The van der Waals surface area contributed by atoms with Crippen molar-refractivity contribution in [2.24, 2.45) is 5.92 Å². The SMILES string of the molecule is CCc1cc(NC(=O)C(=O)N2C[C@@H](C)CC[C@@H]2c2ccc(C)nc2)cnc1N. The van der Waals surface area contributed by atoms with Gasteiger partial charge in [-0.15, -0.1) is 0 Å². The first-order valence-electron chi connectivity index (χ1n) is 9.68. The number of likely N-dealkylation sites (tertiary alicyclic amines) is 1. The molecule has 1 aliphatic rings. The molecule has 2 atom stereocenters. The van der Waals surface area contributed by atoms with Crippen molar-refractivity contribution in [2.75, 3.05) is 17.6 Å². The number of amides is 2. The van der Waals surface area contributed by atoms with Gasteiger partial charge in [-0.2, -0.15) is 0 Å². The molecule has 0 aliphatic carbocycles.